The van der Waals surface area contributed by atoms with E-state index in [1.54, 1.807) is 11.3 Å². The van der Waals surface area contributed by atoms with Crippen molar-refractivity contribution in [2.24, 2.45) is 0 Å². The molecule has 0 aliphatic heterocycles. The average Bonchev–Trinajstić information content (AvgIpc) is 2.48. The molecular weight excluding hydrogens is 254 g/mol. The number of rotatable bonds is 0. The number of nitrogens with two attached hydrogens (primary N) is 1. The molecule has 1 aromatic heterocycles. The molecular formula is C8H6BrNS2. The van der Waals surface area contributed by atoms with Gasteiger partial charge in [-0.3, -0.25) is 0 Å². The first-order valence-corrected chi connectivity index (χ1v) is 5.46. The van der Waals surface area contributed by atoms with E-state index in [1.807, 2.05) is 17.5 Å². The maximum Gasteiger partial charge on any atom is 0.0538 e. The zero-order valence-electron chi connectivity index (χ0n) is 6.04. The Morgan fingerprint density at radius 1 is 1.50 bits per heavy atom. The van der Waals surface area contributed by atoms with Crippen LogP contribution in [0.25, 0.3) is 10.1 Å². The summed E-state index contributed by atoms with van der Waals surface area (Å²) in [7, 11) is 0. The molecule has 0 radical (unpaired) electrons. The van der Waals surface area contributed by atoms with E-state index in [1.165, 1.54) is 4.70 Å². The summed E-state index contributed by atoms with van der Waals surface area (Å²) in [6.07, 6.45) is 0. The Bertz CT molecular complexity index is 436. The van der Waals surface area contributed by atoms with Gasteiger partial charge in [0.15, 0.2) is 0 Å². The molecule has 0 aliphatic carbocycles. The topological polar surface area (TPSA) is 26.0 Å². The normalized spacial score (nSPS) is 10.8. The van der Waals surface area contributed by atoms with Gasteiger partial charge in [0.2, 0.25) is 0 Å². The molecule has 2 aromatic rings. The fraction of sp³-hybridized carbons (Fsp3) is 0. The van der Waals surface area contributed by atoms with E-state index >= 15 is 0 Å². The number of thiophene rings is 1. The molecule has 0 saturated heterocycles. The molecule has 12 heavy (non-hydrogen) atoms. The summed E-state index contributed by atoms with van der Waals surface area (Å²) in [5, 5.41) is 3.11. The van der Waals surface area contributed by atoms with E-state index < -0.39 is 0 Å². The van der Waals surface area contributed by atoms with Crippen LogP contribution >= 0.6 is 39.9 Å². The minimum atomic E-state index is 0.762. The van der Waals surface area contributed by atoms with Gasteiger partial charge in [-0.15, -0.1) is 24.0 Å². The molecule has 0 unspecified atom stereocenters. The van der Waals surface area contributed by atoms with E-state index in [-0.39, 0.29) is 0 Å². The van der Waals surface area contributed by atoms with Crippen molar-refractivity contribution in [3.05, 3.63) is 22.0 Å². The zero-order valence-corrected chi connectivity index (χ0v) is 9.34. The molecule has 1 heterocycles. The SMILES string of the molecule is Nc1c(S)cc(Br)c2sccc12. The molecule has 0 atom stereocenters. The Balaban J connectivity index is 2.97. The van der Waals surface area contributed by atoms with Crippen LogP contribution in [0.1, 0.15) is 0 Å². The minimum Gasteiger partial charge on any atom is -0.397 e. The number of benzene rings is 1. The first kappa shape index (κ1) is 8.41. The molecule has 0 spiro atoms. The van der Waals surface area contributed by atoms with E-state index in [4.69, 9.17) is 5.73 Å². The Labute approximate surface area is 88.1 Å². The van der Waals surface area contributed by atoms with E-state index in [9.17, 15) is 0 Å². The Hall–Kier alpha value is -0.190. The van der Waals surface area contributed by atoms with Gasteiger partial charge in [-0.2, -0.15) is 0 Å². The summed E-state index contributed by atoms with van der Waals surface area (Å²) in [4.78, 5) is 0.827. The predicted octanol–water partition coefficient (Wildman–Crippen LogP) is 3.53. The second-order valence-corrected chi connectivity index (χ2v) is 4.71. The van der Waals surface area contributed by atoms with Crippen LogP contribution in [-0.4, -0.2) is 0 Å². The second kappa shape index (κ2) is 2.94. The quantitative estimate of drug-likeness (QED) is 0.550. The summed E-state index contributed by atoms with van der Waals surface area (Å²) in [6.45, 7) is 0. The smallest absolute Gasteiger partial charge is 0.0538 e. The number of halogens is 1. The molecule has 0 aliphatic rings. The standard InChI is InChI=1S/C8H6BrNS2/c9-5-3-6(11)7(10)4-1-2-12-8(4)5/h1-3,11H,10H2. The van der Waals surface area contributed by atoms with Gasteiger partial charge in [-0.05, 0) is 33.4 Å². The van der Waals surface area contributed by atoms with Crippen molar-refractivity contribution in [2.45, 2.75) is 4.90 Å². The molecule has 62 valence electrons. The molecule has 2 N–H and O–H groups in total. The number of thiol groups is 1. The van der Waals surface area contributed by atoms with Gasteiger partial charge in [0.05, 0.1) is 10.4 Å². The maximum absolute atomic E-state index is 5.84. The van der Waals surface area contributed by atoms with Gasteiger partial charge >= 0.3 is 0 Å². The van der Waals surface area contributed by atoms with Crippen molar-refractivity contribution in [1.82, 2.24) is 0 Å². The third kappa shape index (κ3) is 1.14. The van der Waals surface area contributed by atoms with Crippen LogP contribution in [0.4, 0.5) is 5.69 Å². The number of nitrogen functional groups attached to an aromatic ring is 1. The lowest BCUT2D eigenvalue weighted by atomic mass is 10.2. The first-order valence-electron chi connectivity index (χ1n) is 3.34. The highest BCUT2D eigenvalue weighted by Gasteiger charge is 2.06. The third-order valence-electron chi connectivity index (χ3n) is 1.71. The largest absolute Gasteiger partial charge is 0.397 e. The molecule has 1 aromatic carbocycles. The van der Waals surface area contributed by atoms with Crippen LogP contribution in [0.3, 0.4) is 0 Å². The third-order valence-corrected chi connectivity index (χ3v) is 3.92. The first-order chi connectivity index (χ1) is 5.70. The van der Waals surface area contributed by atoms with Crippen molar-refractivity contribution >= 4 is 55.7 Å². The highest BCUT2D eigenvalue weighted by Crippen LogP contribution is 2.36. The number of hydrogen-bond acceptors (Lipinski definition) is 3. The van der Waals surface area contributed by atoms with Crippen molar-refractivity contribution in [2.75, 3.05) is 5.73 Å². The molecule has 2 rings (SSSR count). The molecule has 1 nitrogen and oxygen atoms in total. The molecule has 0 fully saturated rings. The van der Waals surface area contributed by atoms with Crippen LogP contribution in [0, 0.1) is 0 Å². The summed E-state index contributed by atoms with van der Waals surface area (Å²) in [5.74, 6) is 0. The zero-order chi connectivity index (χ0) is 8.72. The fourth-order valence-corrected chi connectivity index (χ4v) is 3.07. The number of fused-ring (bicyclic) bond motifs is 1. The van der Waals surface area contributed by atoms with Crippen molar-refractivity contribution < 1.29 is 0 Å². The molecule has 0 bridgehead atoms. The number of hydrogen-bond donors (Lipinski definition) is 2. The van der Waals surface area contributed by atoms with Gasteiger partial charge in [-0.25, -0.2) is 0 Å². The molecule has 4 heteroatoms. The van der Waals surface area contributed by atoms with E-state index in [0.29, 0.717) is 0 Å². The van der Waals surface area contributed by atoms with Gasteiger partial charge in [0, 0.05) is 14.8 Å². The van der Waals surface area contributed by atoms with Crippen LogP contribution < -0.4 is 5.73 Å². The average molecular weight is 260 g/mol. The summed E-state index contributed by atoms with van der Waals surface area (Å²) in [5.41, 5.74) is 6.60. The second-order valence-electron chi connectivity index (χ2n) is 2.45. The Kier molecular flexibility index (Phi) is 2.06. The van der Waals surface area contributed by atoms with E-state index in [0.717, 1.165) is 20.4 Å². The maximum atomic E-state index is 5.84. The van der Waals surface area contributed by atoms with Crippen LogP contribution in [0.5, 0.6) is 0 Å². The van der Waals surface area contributed by atoms with Gasteiger partial charge in [0.25, 0.3) is 0 Å². The van der Waals surface area contributed by atoms with Gasteiger partial charge in [-0.1, -0.05) is 0 Å². The highest BCUT2D eigenvalue weighted by atomic mass is 79.9. The summed E-state index contributed by atoms with van der Waals surface area (Å²) < 4.78 is 2.25. The predicted molar refractivity (Wildman–Crippen MR) is 61.2 cm³/mol. The fourth-order valence-electron chi connectivity index (χ4n) is 1.11. The van der Waals surface area contributed by atoms with Crippen LogP contribution in [0.2, 0.25) is 0 Å². The lowest BCUT2D eigenvalue weighted by Gasteiger charge is -2.01. The van der Waals surface area contributed by atoms with Crippen LogP contribution in [0.15, 0.2) is 26.9 Å². The highest BCUT2D eigenvalue weighted by molar-refractivity contribution is 9.10. The lowest BCUT2D eigenvalue weighted by molar-refractivity contribution is 1.51. The monoisotopic (exact) mass is 259 g/mol. The van der Waals surface area contributed by atoms with Crippen LogP contribution in [-0.2, 0) is 0 Å². The van der Waals surface area contributed by atoms with Crippen molar-refractivity contribution in [3.8, 4) is 0 Å². The van der Waals surface area contributed by atoms with Crippen molar-refractivity contribution in [1.29, 1.82) is 0 Å². The Morgan fingerprint density at radius 3 is 3.00 bits per heavy atom. The van der Waals surface area contributed by atoms with Crippen molar-refractivity contribution in [3.63, 3.8) is 0 Å². The molecule has 0 saturated carbocycles. The summed E-state index contributed by atoms with van der Waals surface area (Å²) >= 11 is 9.41. The Morgan fingerprint density at radius 2 is 2.25 bits per heavy atom. The lowest BCUT2D eigenvalue weighted by Crippen LogP contribution is -1.87. The minimum absolute atomic E-state index is 0.762. The van der Waals surface area contributed by atoms with Gasteiger partial charge in [0.1, 0.15) is 0 Å². The summed E-state index contributed by atoms with van der Waals surface area (Å²) in [6, 6.07) is 3.94. The molecule has 0 amide bonds. The van der Waals surface area contributed by atoms with Gasteiger partial charge < -0.3 is 5.73 Å². The number of anilines is 1. The van der Waals surface area contributed by atoms with E-state index in [2.05, 4.69) is 28.6 Å².